The molecule has 0 radical (unpaired) electrons. The number of sulfonamides is 1. The maximum Gasteiger partial charge on any atom is 0.573 e. The van der Waals surface area contributed by atoms with Gasteiger partial charge in [0, 0.05) is 32.7 Å². The molecular formula is C18H19F3N2O3S. The molecule has 2 aromatic carbocycles. The van der Waals surface area contributed by atoms with Gasteiger partial charge in [-0.15, -0.1) is 13.2 Å². The second kappa shape index (κ2) is 7.87. The molecule has 2 aromatic rings. The van der Waals surface area contributed by atoms with Crippen LogP contribution in [0.2, 0.25) is 0 Å². The molecule has 5 nitrogen and oxygen atoms in total. The summed E-state index contributed by atoms with van der Waals surface area (Å²) in [7, 11) is -3.50. The van der Waals surface area contributed by atoms with Gasteiger partial charge in [0.25, 0.3) is 0 Å². The molecule has 27 heavy (non-hydrogen) atoms. The lowest BCUT2D eigenvalue weighted by Crippen LogP contribution is -2.48. The first-order valence-corrected chi connectivity index (χ1v) is 9.80. The van der Waals surface area contributed by atoms with E-state index in [2.05, 4.69) is 9.64 Å². The average Bonchev–Trinajstić information content (AvgIpc) is 2.63. The second-order valence-corrected chi connectivity index (χ2v) is 8.12. The molecule has 1 aliphatic rings. The van der Waals surface area contributed by atoms with E-state index in [1.807, 2.05) is 0 Å². The van der Waals surface area contributed by atoms with Gasteiger partial charge >= 0.3 is 6.36 Å². The zero-order chi connectivity index (χ0) is 19.5. The van der Waals surface area contributed by atoms with Crippen LogP contribution in [0.15, 0.2) is 59.5 Å². The summed E-state index contributed by atoms with van der Waals surface area (Å²) < 4.78 is 67.1. The summed E-state index contributed by atoms with van der Waals surface area (Å²) in [6.07, 6.45) is -4.71. The van der Waals surface area contributed by atoms with Crippen LogP contribution in [0.5, 0.6) is 5.75 Å². The van der Waals surface area contributed by atoms with Gasteiger partial charge < -0.3 is 4.74 Å². The molecule has 0 aromatic heterocycles. The third-order valence-corrected chi connectivity index (χ3v) is 6.19. The fourth-order valence-electron chi connectivity index (χ4n) is 2.92. The molecule has 0 spiro atoms. The molecule has 146 valence electrons. The highest BCUT2D eigenvalue weighted by atomic mass is 32.2. The molecule has 0 unspecified atom stereocenters. The molecule has 0 bridgehead atoms. The van der Waals surface area contributed by atoms with Gasteiger partial charge in [0.1, 0.15) is 5.75 Å². The van der Waals surface area contributed by atoms with Crippen LogP contribution in [0, 0.1) is 0 Å². The fourth-order valence-corrected chi connectivity index (χ4v) is 4.37. The van der Waals surface area contributed by atoms with E-state index in [1.165, 1.54) is 16.4 Å². The van der Waals surface area contributed by atoms with Crippen molar-refractivity contribution in [2.75, 3.05) is 26.2 Å². The Morgan fingerprint density at radius 1 is 0.889 bits per heavy atom. The molecule has 0 aliphatic carbocycles. The van der Waals surface area contributed by atoms with Crippen molar-refractivity contribution >= 4 is 10.0 Å². The van der Waals surface area contributed by atoms with Crippen molar-refractivity contribution in [2.45, 2.75) is 17.8 Å². The van der Waals surface area contributed by atoms with Gasteiger partial charge in [-0.05, 0) is 29.8 Å². The van der Waals surface area contributed by atoms with Crippen molar-refractivity contribution in [1.82, 2.24) is 9.21 Å². The Balaban J connectivity index is 1.55. The standard InChI is InChI=1S/C18H19F3N2O3S/c19-18(20,21)26-16-8-6-15(7-9-16)14-22-10-12-23(13-11-22)27(24,25)17-4-2-1-3-5-17/h1-9H,10-14H2. The lowest BCUT2D eigenvalue weighted by Gasteiger charge is -2.34. The Hall–Kier alpha value is -2.10. The minimum Gasteiger partial charge on any atom is -0.406 e. The maximum absolute atomic E-state index is 12.6. The van der Waals surface area contributed by atoms with Crippen molar-refractivity contribution in [3.63, 3.8) is 0 Å². The molecular weight excluding hydrogens is 381 g/mol. The van der Waals surface area contributed by atoms with Gasteiger partial charge in [-0.3, -0.25) is 4.90 Å². The number of nitrogens with zero attached hydrogens (tertiary/aromatic N) is 2. The van der Waals surface area contributed by atoms with Gasteiger partial charge in [-0.1, -0.05) is 30.3 Å². The van der Waals surface area contributed by atoms with Crippen molar-refractivity contribution in [1.29, 1.82) is 0 Å². The lowest BCUT2D eigenvalue weighted by molar-refractivity contribution is -0.274. The number of hydrogen-bond donors (Lipinski definition) is 0. The molecule has 1 heterocycles. The molecule has 0 N–H and O–H groups in total. The van der Waals surface area contributed by atoms with Gasteiger partial charge in [0.15, 0.2) is 0 Å². The molecule has 1 saturated heterocycles. The van der Waals surface area contributed by atoms with Crippen molar-refractivity contribution < 1.29 is 26.3 Å². The Kier molecular flexibility index (Phi) is 5.73. The van der Waals surface area contributed by atoms with Crippen molar-refractivity contribution in [3.8, 4) is 5.75 Å². The molecule has 1 fully saturated rings. The zero-order valence-corrected chi connectivity index (χ0v) is 15.2. The highest BCUT2D eigenvalue weighted by Crippen LogP contribution is 2.23. The number of ether oxygens (including phenoxy) is 1. The topological polar surface area (TPSA) is 49.9 Å². The molecule has 1 aliphatic heterocycles. The predicted molar refractivity (Wildman–Crippen MR) is 93.6 cm³/mol. The summed E-state index contributed by atoms with van der Waals surface area (Å²) >= 11 is 0. The molecule has 9 heteroatoms. The monoisotopic (exact) mass is 400 g/mol. The van der Waals surface area contributed by atoms with E-state index >= 15 is 0 Å². The summed E-state index contributed by atoms with van der Waals surface area (Å²) in [5, 5.41) is 0. The van der Waals surface area contributed by atoms with Crippen LogP contribution in [-0.2, 0) is 16.6 Å². The summed E-state index contributed by atoms with van der Waals surface area (Å²) in [5.74, 6) is -0.259. The Bertz CT molecular complexity index is 848. The number of hydrogen-bond acceptors (Lipinski definition) is 4. The Morgan fingerprint density at radius 3 is 2.04 bits per heavy atom. The van der Waals surface area contributed by atoms with Gasteiger partial charge in [0.2, 0.25) is 10.0 Å². The van der Waals surface area contributed by atoms with Crippen LogP contribution in [0.25, 0.3) is 0 Å². The molecule has 0 amide bonds. The minimum atomic E-state index is -4.71. The van der Waals surface area contributed by atoms with E-state index < -0.39 is 16.4 Å². The summed E-state index contributed by atoms with van der Waals surface area (Å²) in [6, 6.07) is 14.0. The molecule has 0 atom stereocenters. The number of alkyl halides is 3. The van der Waals surface area contributed by atoms with E-state index in [0.29, 0.717) is 32.7 Å². The van der Waals surface area contributed by atoms with Crippen molar-refractivity contribution in [3.05, 3.63) is 60.2 Å². The number of rotatable bonds is 5. The fraction of sp³-hybridized carbons (Fsp3) is 0.333. The molecule has 0 saturated carbocycles. The molecule has 3 rings (SSSR count). The number of piperazine rings is 1. The van der Waals surface area contributed by atoms with Crippen LogP contribution >= 0.6 is 0 Å². The zero-order valence-electron chi connectivity index (χ0n) is 14.4. The Morgan fingerprint density at radius 2 is 1.48 bits per heavy atom. The maximum atomic E-state index is 12.6. The van der Waals surface area contributed by atoms with E-state index in [0.717, 1.165) is 5.56 Å². The summed E-state index contributed by atoms with van der Waals surface area (Å²) in [4.78, 5) is 2.34. The largest absolute Gasteiger partial charge is 0.573 e. The van der Waals surface area contributed by atoms with Crippen LogP contribution < -0.4 is 4.74 Å². The van der Waals surface area contributed by atoms with E-state index in [-0.39, 0.29) is 10.6 Å². The van der Waals surface area contributed by atoms with E-state index in [1.54, 1.807) is 42.5 Å². The van der Waals surface area contributed by atoms with Crippen LogP contribution in [0.3, 0.4) is 0 Å². The first-order valence-electron chi connectivity index (χ1n) is 8.36. The number of benzene rings is 2. The normalized spacial score (nSPS) is 17.0. The van der Waals surface area contributed by atoms with E-state index in [4.69, 9.17) is 0 Å². The number of halogens is 3. The summed E-state index contributed by atoms with van der Waals surface area (Å²) in [6.45, 7) is 2.37. The average molecular weight is 400 g/mol. The lowest BCUT2D eigenvalue weighted by atomic mass is 10.2. The van der Waals surface area contributed by atoms with Crippen LogP contribution in [0.1, 0.15) is 5.56 Å². The third kappa shape index (κ3) is 5.21. The van der Waals surface area contributed by atoms with Crippen LogP contribution in [0.4, 0.5) is 13.2 Å². The van der Waals surface area contributed by atoms with Gasteiger partial charge in [-0.25, -0.2) is 8.42 Å². The summed E-state index contributed by atoms with van der Waals surface area (Å²) in [5.41, 5.74) is 0.837. The first-order chi connectivity index (χ1) is 12.7. The Labute approximate surface area is 156 Å². The highest BCUT2D eigenvalue weighted by Gasteiger charge is 2.31. The van der Waals surface area contributed by atoms with Gasteiger partial charge in [-0.2, -0.15) is 4.31 Å². The van der Waals surface area contributed by atoms with Crippen molar-refractivity contribution in [2.24, 2.45) is 0 Å². The quantitative estimate of drug-likeness (QED) is 0.774. The van der Waals surface area contributed by atoms with Crippen LogP contribution in [-0.4, -0.2) is 50.2 Å². The van der Waals surface area contributed by atoms with Gasteiger partial charge in [0.05, 0.1) is 4.90 Å². The second-order valence-electron chi connectivity index (χ2n) is 6.19. The third-order valence-electron chi connectivity index (χ3n) is 4.28. The van der Waals surface area contributed by atoms with E-state index in [9.17, 15) is 21.6 Å². The predicted octanol–water partition coefficient (Wildman–Crippen LogP) is 3.09. The highest BCUT2D eigenvalue weighted by molar-refractivity contribution is 7.89. The smallest absolute Gasteiger partial charge is 0.406 e. The minimum absolute atomic E-state index is 0.259. The first kappa shape index (κ1) is 19.7. The SMILES string of the molecule is O=S(=O)(c1ccccc1)N1CCN(Cc2ccc(OC(F)(F)F)cc2)CC1.